The molecule has 3 fully saturated rings. The minimum Gasteiger partial charge on any atom is -0.461 e. The number of hydrogen-bond donors (Lipinski definition) is 2. The van der Waals surface area contributed by atoms with E-state index in [0.717, 1.165) is 33.4 Å². The normalized spacial score (nSPS) is 19.1. The summed E-state index contributed by atoms with van der Waals surface area (Å²) < 4.78 is 57.8. The Balaban J connectivity index is 0.000000193. The summed E-state index contributed by atoms with van der Waals surface area (Å²) >= 11 is 0. The summed E-state index contributed by atoms with van der Waals surface area (Å²) in [5, 5.41) is 6.16. The second kappa shape index (κ2) is 32.9. The van der Waals surface area contributed by atoms with E-state index >= 15 is 0 Å². The SMILES string of the molecule is Cl.O=C(OCc1ccccc1)[C@H]1CN(CC(F)F)C[C@@H]1C(=O)OCc1ccccc1.O=C(OCc1ccccc1)[C@H]1CNC[C@@H]1C(=O)OCc1ccccc1.O=C(OCc1ccccc1)[C@H]1CNC[C@@H]1C(=O)OCc1ccccc1. The van der Waals surface area contributed by atoms with Gasteiger partial charge in [-0.2, -0.15) is 0 Å². The van der Waals surface area contributed by atoms with E-state index in [1.54, 1.807) is 0 Å². The summed E-state index contributed by atoms with van der Waals surface area (Å²) in [6.07, 6.45) is -2.55. The van der Waals surface area contributed by atoms with E-state index < -0.39 is 60.4 Å². The minimum absolute atomic E-state index is 0. The monoisotopic (exact) mass is 1120 g/mol. The highest BCUT2D eigenvalue weighted by Crippen LogP contribution is 2.28. The van der Waals surface area contributed by atoms with Gasteiger partial charge >= 0.3 is 35.8 Å². The van der Waals surface area contributed by atoms with Crippen LogP contribution in [0.2, 0.25) is 0 Å². The second-order valence-electron chi connectivity index (χ2n) is 19.1. The number of halogens is 3. The van der Waals surface area contributed by atoms with Gasteiger partial charge in [-0.3, -0.25) is 33.7 Å². The zero-order valence-electron chi connectivity index (χ0n) is 44.1. The molecule has 2 N–H and O–H groups in total. The van der Waals surface area contributed by atoms with Gasteiger partial charge < -0.3 is 39.1 Å². The van der Waals surface area contributed by atoms with Crippen molar-refractivity contribution in [3.8, 4) is 0 Å². The van der Waals surface area contributed by atoms with Gasteiger partial charge in [-0.15, -0.1) is 12.4 Å². The predicted molar refractivity (Wildman–Crippen MR) is 294 cm³/mol. The molecule has 6 aromatic carbocycles. The summed E-state index contributed by atoms with van der Waals surface area (Å²) in [6, 6.07) is 56.2. The van der Waals surface area contributed by atoms with Gasteiger partial charge in [-0.1, -0.05) is 182 Å². The van der Waals surface area contributed by atoms with Gasteiger partial charge in [0.25, 0.3) is 6.43 Å². The van der Waals surface area contributed by atoms with Crippen molar-refractivity contribution in [1.29, 1.82) is 0 Å². The number of carbonyl (C=O) groups excluding carboxylic acids is 6. The number of esters is 6. The van der Waals surface area contributed by atoms with Crippen LogP contribution in [0, 0.1) is 35.5 Å². The second-order valence-corrected chi connectivity index (χ2v) is 19.1. The number of ether oxygens (including phenoxy) is 6. The molecule has 3 saturated heterocycles. The maximum absolute atomic E-state index is 12.8. The molecule has 9 rings (SSSR count). The Bertz CT molecular complexity index is 2520. The molecule has 18 heteroatoms. The molecule has 0 radical (unpaired) electrons. The Morgan fingerprint density at radius 2 is 0.537 bits per heavy atom. The number of nitrogens with zero attached hydrogens (tertiary/aromatic N) is 1. The Morgan fingerprint density at radius 3 is 0.725 bits per heavy atom. The Labute approximate surface area is 470 Å². The molecule has 422 valence electrons. The van der Waals surface area contributed by atoms with Gasteiger partial charge in [0.15, 0.2) is 0 Å². The average molecular weight is 1120 g/mol. The third kappa shape index (κ3) is 19.8. The third-order valence-corrected chi connectivity index (χ3v) is 13.4. The fourth-order valence-electron chi connectivity index (χ4n) is 9.07. The highest BCUT2D eigenvalue weighted by atomic mass is 35.5. The van der Waals surface area contributed by atoms with E-state index in [-0.39, 0.29) is 89.0 Å². The van der Waals surface area contributed by atoms with Crippen LogP contribution in [0.5, 0.6) is 0 Å². The van der Waals surface area contributed by atoms with Gasteiger partial charge in [0.1, 0.15) is 39.6 Å². The first-order chi connectivity index (χ1) is 38.5. The van der Waals surface area contributed by atoms with Crippen molar-refractivity contribution in [3.05, 3.63) is 215 Å². The van der Waals surface area contributed by atoms with Gasteiger partial charge in [0.2, 0.25) is 0 Å². The number of alkyl halides is 2. The molecule has 6 aromatic rings. The van der Waals surface area contributed by atoms with Crippen LogP contribution in [-0.2, 0) is 96.8 Å². The quantitative estimate of drug-likeness (QED) is 0.0549. The molecule has 6 atom stereocenters. The van der Waals surface area contributed by atoms with Crippen molar-refractivity contribution in [2.24, 2.45) is 35.5 Å². The fourth-order valence-corrected chi connectivity index (χ4v) is 9.07. The predicted octanol–water partition coefficient (Wildman–Crippen LogP) is 8.33. The Morgan fingerprint density at radius 1 is 0.350 bits per heavy atom. The van der Waals surface area contributed by atoms with Crippen LogP contribution in [0.4, 0.5) is 8.78 Å². The average Bonchev–Trinajstić information content (AvgIpc) is 4.30. The molecule has 0 saturated carbocycles. The first-order valence-corrected chi connectivity index (χ1v) is 26.2. The summed E-state index contributed by atoms with van der Waals surface area (Å²) in [5.41, 5.74) is 5.31. The van der Waals surface area contributed by atoms with Crippen molar-refractivity contribution in [3.63, 3.8) is 0 Å². The fraction of sp³-hybridized carbons (Fsp3) is 0.323. The number of likely N-dealkylation sites (tertiary alicyclic amines) is 1. The lowest BCUT2D eigenvalue weighted by atomic mass is 9.96. The topological polar surface area (TPSA) is 185 Å². The molecule has 15 nitrogen and oxygen atoms in total. The van der Waals surface area contributed by atoms with Crippen LogP contribution in [0.3, 0.4) is 0 Å². The van der Waals surface area contributed by atoms with E-state index in [1.165, 1.54) is 4.90 Å². The van der Waals surface area contributed by atoms with E-state index in [4.69, 9.17) is 28.4 Å². The zero-order chi connectivity index (χ0) is 55.6. The van der Waals surface area contributed by atoms with Crippen LogP contribution in [-0.4, -0.2) is 93.0 Å². The van der Waals surface area contributed by atoms with Crippen molar-refractivity contribution in [1.82, 2.24) is 15.5 Å². The molecule has 0 aromatic heterocycles. The summed E-state index contributed by atoms with van der Waals surface area (Å²) in [4.78, 5) is 76.0. The highest BCUT2D eigenvalue weighted by molar-refractivity contribution is 5.86. The lowest BCUT2D eigenvalue weighted by molar-refractivity contribution is -0.160. The number of hydrogen-bond acceptors (Lipinski definition) is 15. The van der Waals surface area contributed by atoms with Gasteiger partial charge in [-0.25, -0.2) is 8.78 Å². The number of benzene rings is 6. The molecule has 3 aliphatic rings. The van der Waals surface area contributed by atoms with Crippen LogP contribution >= 0.6 is 12.4 Å². The van der Waals surface area contributed by atoms with E-state index in [1.807, 2.05) is 182 Å². The number of carbonyl (C=O) groups is 6. The van der Waals surface area contributed by atoms with Gasteiger partial charge in [0.05, 0.1) is 42.1 Å². The maximum atomic E-state index is 12.8. The molecule has 0 amide bonds. The molecule has 0 unspecified atom stereocenters. The smallest absolute Gasteiger partial charge is 0.311 e. The number of nitrogens with one attached hydrogen (secondary N) is 2. The van der Waals surface area contributed by atoms with Crippen molar-refractivity contribution < 1.29 is 66.0 Å². The first-order valence-electron chi connectivity index (χ1n) is 26.2. The van der Waals surface area contributed by atoms with Crippen LogP contribution < -0.4 is 10.6 Å². The molecular weight excluding hydrogens is 1050 g/mol. The summed E-state index contributed by atoms with van der Waals surface area (Å²) in [6.45, 7) is 2.29. The minimum atomic E-state index is -2.55. The van der Waals surface area contributed by atoms with Crippen molar-refractivity contribution in [2.45, 2.75) is 46.1 Å². The first kappa shape index (κ1) is 61.4. The van der Waals surface area contributed by atoms with Gasteiger partial charge in [-0.05, 0) is 33.4 Å². The lowest BCUT2D eigenvalue weighted by Gasteiger charge is -2.16. The van der Waals surface area contributed by atoms with Crippen molar-refractivity contribution >= 4 is 48.2 Å². The van der Waals surface area contributed by atoms with Crippen LogP contribution in [0.15, 0.2) is 182 Å². The standard InChI is InChI=1S/C22H23F2NO4.2C20H21NO4.ClH/c23-20(24)13-25-11-18(21(26)28-14-16-7-3-1-4-8-16)19(12-25)22(27)29-15-17-9-5-2-6-10-17;2*22-19(24-13-15-7-3-1-4-8-15)17-11-21-12-18(17)20(23)25-14-16-9-5-2-6-10-16;/h1-10,18-20H,11-15H2;2*1-10,17-18,21H,11-14H2;1H/t18-,19-;2*17-,18-;/m000./s1. The third-order valence-electron chi connectivity index (χ3n) is 13.4. The van der Waals surface area contributed by atoms with E-state index in [0.29, 0.717) is 26.2 Å². The summed E-state index contributed by atoms with van der Waals surface area (Å²) in [7, 11) is 0. The zero-order valence-corrected chi connectivity index (χ0v) is 44.9. The van der Waals surface area contributed by atoms with E-state index in [2.05, 4.69) is 10.6 Å². The Kier molecular flexibility index (Phi) is 25.3. The van der Waals surface area contributed by atoms with Gasteiger partial charge in [0, 0.05) is 39.3 Å². The molecule has 80 heavy (non-hydrogen) atoms. The lowest BCUT2D eigenvalue weighted by Crippen LogP contribution is -2.31. The highest BCUT2D eigenvalue weighted by Gasteiger charge is 2.45. The van der Waals surface area contributed by atoms with E-state index in [9.17, 15) is 37.5 Å². The largest absolute Gasteiger partial charge is 0.461 e. The molecule has 0 bridgehead atoms. The molecule has 3 heterocycles. The number of rotatable bonds is 20. The molecule has 3 aliphatic heterocycles. The molecule has 0 spiro atoms. The van der Waals surface area contributed by atoms with Crippen molar-refractivity contribution in [2.75, 3.05) is 45.8 Å². The molecule has 0 aliphatic carbocycles. The Hall–Kier alpha value is -7.83. The van der Waals surface area contributed by atoms with Crippen LogP contribution in [0.1, 0.15) is 33.4 Å². The van der Waals surface area contributed by atoms with Crippen LogP contribution in [0.25, 0.3) is 0 Å². The summed E-state index contributed by atoms with van der Waals surface area (Å²) in [5.74, 6) is -6.31. The maximum Gasteiger partial charge on any atom is 0.311 e. The molecular formula is C62H66ClF2N3O12.